The summed E-state index contributed by atoms with van der Waals surface area (Å²) < 4.78 is 22.7. The van der Waals surface area contributed by atoms with Gasteiger partial charge in [0.05, 0.1) is 11.2 Å². The first-order valence-electron chi connectivity index (χ1n) is 8.37. The van der Waals surface area contributed by atoms with Crippen LogP contribution in [-0.4, -0.2) is 24.4 Å². The van der Waals surface area contributed by atoms with Crippen LogP contribution in [0.3, 0.4) is 0 Å². The molecule has 0 unspecified atom stereocenters. The molecule has 1 aliphatic rings. The third kappa shape index (κ3) is 3.84. The van der Waals surface area contributed by atoms with E-state index in [4.69, 9.17) is 24.5 Å². The van der Waals surface area contributed by atoms with Crippen molar-refractivity contribution in [3.8, 4) is 17.2 Å². The van der Waals surface area contributed by atoms with Crippen LogP contribution < -0.4 is 20.7 Å². The number of primary amides is 1. The summed E-state index contributed by atoms with van der Waals surface area (Å²) in [6.45, 7) is 8.08. The summed E-state index contributed by atoms with van der Waals surface area (Å²) in [4.78, 5) is 10.8. The van der Waals surface area contributed by atoms with Crippen molar-refractivity contribution in [1.82, 2.24) is 0 Å². The van der Waals surface area contributed by atoms with Crippen molar-refractivity contribution in [1.29, 1.82) is 0 Å². The Morgan fingerprint density at radius 3 is 2.08 bits per heavy atom. The highest BCUT2D eigenvalue weighted by atomic mass is 16.7. The van der Waals surface area contributed by atoms with Crippen LogP contribution in [0.5, 0.6) is 17.2 Å². The van der Waals surface area contributed by atoms with E-state index < -0.39 is 13.2 Å². The van der Waals surface area contributed by atoms with E-state index in [1.54, 1.807) is 24.3 Å². The van der Waals surface area contributed by atoms with Gasteiger partial charge < -0.3 is 24.5 Å². The Morgan fingerprint density at radius 1 is 0.923 bits per heavy atom. The van der Waals surface area contributed by atoms with Gasteiger partial charge in [0.25, 0.3) is 0 Å². The standard InChI is InChI=1S/C19H22BNO5/c1-18(2)19(3,4)26-20(25-18)13-8-10-14(11-9-13)23-15-6-5-7-16(12-15)24-17(21)22/h5-12H,1-4H3,(H2,21,22). The lowest BCUT2D eigenvalue weighted by molar-refractivity contribution is 0.00578. The zero-order valence-corrected chi connectivity index (χ0v) is 15.3. The average Bonchev–Trinajstić information content (AvgIpc) is 2.76. The predicted molar refractivity (Wildman–Crippen MR) is 98.9 cm³/mol. The number of carbonyl (C=O) groups is 1. The van der Waals surface area contributed by atoms with Crippen LogP contribution >= 0.6 is 0 Å². The molecule has 1 aliphatic heterocycles. The maximum atomic E-state index is 10.8. The Hall–Kier alpha value is -2.51. The lowest BCUT2D eigenvalue weighted by Crippen LogP contribution is -2.41. The van der Waals surface area contributed by atoms with Crippen LogP contribution in [0.2, 0.25) is 0 Å². The molecule has 0 aliphatic carbocycles. The van der Waals surface area contributed by atoms with Crippen molar-refractivity contribution in [2.24, 2.45) is 5.73 Å². The Labute approximate surface area is 153 Å². The molecule has 0 spiro atoms. The first kappa shape index (κ1) is 18.3. The number of carbonyl (C=O) groups excluding carboxylic acids is 1. The molecule has 2 aromatic rings. The van der Waals surface area contributed by atoms with E-state index in [1.165, 1.54) is 0 Å². The molecule has 0 bridgehead atoms. The number of ether oxygens (including phenoxy) is 2. The molecular weight excluding hydrogens is 333 g/mol. The van der Waals surface area contributed by atoms with Gasteiger partial charge in [0.2, 0.25) is 0 Å². The molecule has 136 valence electrons. The molecule has 1 saturated heterocycles. The molecule has 26 heavy (non-hydrogen) atoms. The second-order valence-corrected chi connectivity index (χ2v) is 7.16. The van der Waals surface area contributed by atoms with Gasteiger partial charge in [-0.1, -0.05) is 18.2 Å². The summed E-state index contributed by atoms with van der Waals surface area (Å²) in [5.74, 6) is 1.50. The minimum absolute atomic E-state index is 0.323. The van der Waals surface area contributed by atoms with Crippen LogP contribution in [0.4, 0.5) is 4.79 Å². The molecule has 0 atom stereocenters. The van der Waals surface area contributed by atoms with Crippen molar-refractivity contribution < 1.29 is 23.6 Å². The monoisotopic (exact) mass is 355 g/mol. The third-order valence-electron chi connectivity index (χ3n) is 4.67. The smallest absolute Gasteiger partial charge is 0.457 e. The van der Waals surface area contributed by atoms with E-state index in [-0.39, 0.29) is 11.2 Å². The van der Waals surface area contributed by atoms with E-state index in [0.29, 0.717) is 17.2 Å². The molecule has 0 radical (unpaired) electrons. The Morgan fingerprint density at radius 2 is 1.50 bits per heavy atom. The lowest BCUT2D eigenvalue weighted by atomic mass is 9.79. The van der Waals surface area contributed by atoms with E-state index in [0.717, 1.165) is 5.46 Å². The van der Waals surface area contributed by atoms with Crippen LogP contribution in [-0.2, 0) is 9.31 Å². The van der Waals surface area contributed by atoms with E-state index >= 15 is 0 Å². The highest BCUT2D eigenvalue weighted by Gasteiger charge is 2.51. The number of nitrogens with two attached hydrogens (primary N) is 1. The normalized spacial score (nSPS) is 17.8. The second kappa shape index (κ2) is 6.66. The summed E-state index contributed by atoms with van der Waals surface area (Å²) in [6.07, 6.45) is -0.867. The van der Waals surface area contributed by atoms with Gasteiger partial charge in [-0.25, -0.2) is 4.79 Å². The van der Waals surface area contributed by atoms with Crippen molar-refractivity contribution in [2.75, 3.05) is 0 Å². The van der Waals surface area contributed by atoms with E-state index in [1.807, 2.05) is 52.0 Å². The summed E-state index contributed by atoms with van der Waals surface area (Å²) in [5.41, 5.74) is 5.17. The summed E-state index contributed by atoms with van der Waals surface area (Å²) in [5, 5.41) is 0. The first-order valence-corrected chi connectivity index (χ1v) is 8.37. The Balaban J connectivity index is 1.70. The highest BCUT2D eigenvalue weighted by Crippen LogP contribution is 2.36. The zero-order valence-electron chi connectivity index (χ0n) is 15.3. The number of amides is 1. The molecule has 1 amide bonds. The fourth-order valence-corrected chi connectivity index (χ4v) is 2.53. The fraction of sp³-hybridized carbons (Fsp3) is 0.316. The lowest BCUT2D eigenvalue weighted by Gasteiger charge is -2.32. The molecule has 1 heterocycles. The van der Waals surface area contributed by atoms with E-state index in [9.17, 15) is 4.79 Å². The largest absolute Gasteiger partial charge is 0.494 e. The maximum Gasteiger partial charge on any atom is 0.494 e. The molecule has 0 aromatic heterocycles. The number of hydrogen-bond acceptors (Lipinski definition) is 5. The quantitative estimate of drug-likeness (QED) is 0.852. The van der Waals surface area contributed by atoms with Gasteiger partial charge in [-0.2, -0.15) is 0 Å². The molecule has 7 heteroatoms. The fourth-order valence-electron chi connectivity index (χ4n) is 2.53. The topological polar surface area (TPSA) is 80.0 Å². The van der Waals surface area contributed by atoms with Gasteiger partial charge in [-0.05, 0) is 57.4 Å². The SMILES string of the molecule is CC1(C)OB(c2ccc(Oc3cccc(OC(N)=O)c3)cc2)OC1(C)C. The summed E-state index contributed by atoms with van der Waals surface area (Å²) >= 11 is 0. The Kier molecular flexibility index (Phi) is 4.69. The minimum atomic E-state index is -0.867. The number of hydrogen-bond donors (Lipinski definition) is 1. The molecule has 3 rings (SSSR count). The summed E-state index contributed by atoms with van der Waals surface area (Å²) in [6, 6.07) is 14.2. The first-order chi connectivity index (χ1) is 12.2. The number of benzene rings is 2. The second-order valence-electron chi connectivity index (χ2n) is 7.16. The molecule has 6 nitrogen and oxygen atoms in total. The molecule has 1 fully saturated rings. The molecule has 0 saturated carbocycles. The molecule has 2 aromatic carbocycles. The Bertz CT molecular complexity index is 788. The molecule has 2 N–H and O–H groups in total. The van der Waals surface area contributed by atoms with Gasteiger partial charge >= 0.3 is 13.2 Å². The van der Waals surface area contributed by atoms with Gasteiger partial charge in [0.15, 0.2) is 0 Å². The zero-order chi connectivity index (χ0) is 18.9. The van der Waals surface area contributed by atoms with Gasteiger partial charge in [-0.3, -0.25) is 0 Å². The average molecular weight is 355 g/mol. The van der Waals surface area contributed by atoms with Crippen LogP contribution in [0, 0.1) is 0 Å². The predicted octanol–water partition coefficient (Wildman–Crippen LogP) is 3.24. The van der Waals surface area contributed by atoms with Crippen molar-refractivity contribution in [3.63, 3.8) is 0 Å². The van der Waals surface area contributed by atoms with E-state index in [2.05, 4.69) is 0 Å². The minimum Gasteiger partial charge on any atom is -0.457 e. The molecular formula is C19H22BNO5. The van der Waals surface area contributed by atoms with Crippen LogP contribution in [0.15, 0.2) is 48.5 Å². The number of rotatable bonds is 4. The van der Waals surface area contributed by atoms with Gasteiger partial charge in [-0.15, -0.1) is 0 Å². The van der Waals surface area contributed by atoms with Crippen molar-refractivity contribution in [3.05, 3.63) is 48.5 Å². The van der Waals surface area contributed by atoms with Gasteiger partial charge in [0, 0.05) is 6.07 Å². The van der Waals surface area contributed by atoms with Gasteiger partial charge in [0.1, 0.15) is 17.2 Å². The summed E-state index contributed by atoms with van der Waals surface area (Å²) in [7, 11) is -0.415. The van der Waals surface area contributed by atoms with Crippen molar-refractivity contribution in [2.45, 2.75) is 38.9 Å². The van der Waals surface area contributed by atoms with Crippen LogP contribution in [0.25, 0.3) is 0 Å². The van der Waals surface area contributed by atoms with Crippen LogP contribution in [0.1, 0.15) is 27.7 Å². The van der Waals surface area contributed by atoms with Crippen molar-refractivity contribution >= 4 is 18.7 Å². The third-order valence-corrected chi connectivity index (χ3v) is 4.67. The highest BCUT2D eigenvalue weighted by molar-refractivity contribution is 6.62. The maximum absolute atomic E-state index is 10.8.